The van der Waals surface area contributed by atoms with Crippen molar-refractivity contribution >= 4 is 33.8 Å². The largest absolute Gasteiger partial charge is 0.472 e. The minimum Gasteiger partial charge on any atom is -0.472 e. The average Bonchev–Trinajstić information content (AvgIpc) is 3.00. The van der Waals surface area contributed by atoms with E-state index in [0.29, 0.717) is 34.6 Å². The van der Waals surface area contributed by atoms with Crippen LogP contribution in [0.1, 0.15) is 21.6 Å². The Balaban J connectivity index is 1.48. The van der Waals surface area contributed by atoms with Gasteiger partial charge in [-0.25, -0.2) is 0 Å². The number of hydrogen-bond donors (Lipinski definition) is 1. The molecule has 1 aliphatic rings. The monoisotopic (exact) mass is 397 g/mol. The lowest BCUT2D eigenvalue weighted by Gasteiger charge is -2.27. The molecule has 0 saturated carbocycles. The molecule has 1 aromatic carbocycles. The van der Waals surface area contributed by atoms with Gasteiger partial charge in [-0.1, -0.05) is 23.7 Å². The summed E-state index contributed by atoms with van der Waals surface area (Å²) in [7, 11) is 0. The Morgan fingerprint density at radius 2 is 2.26 bits per heavy atom. The first kappa shape index (κ1) is 17.6. The summed E-state index contributed by atoms with van der Waals surface area (Å²) < 4.78 is 5.77. The molecule has 136 valence electrons. The number of nitriles is 1. The number of rotatable bonds is 4. The molecule has 0 unspecified atom stereocenters. The molecule has 0 fully saturated rings. The SMILES string of the molecule is N#Cc1c(N)sc2c1CCN(c1cncc(OCc3cccc(Cl)c3)n1)C2. The van der Waals surface area contributed by atoms with E-state index in [-0.39, 0.29) is 0 Å². The number of benzene rings is 1. The molecule has 3 aromatic rings. The first-order chi connectivity index (χ1) is 13.1. The highest BCUT2D eigenvalue weighted by atomic mass is 35.5. The van der Waals surface area contributed by atoms with E-state index in [9.17, 15) is 5.26 Å². The van der Waals surface area contributed by atoms with Gasteiger partial charge in [-0.05, 0) is 29.7 Å². The third-order valence-electron chi connectivity index (χ3n) is 4.40. The Kier molecular flexibility index (Phi) is 4.84. The first-order valence-electron chi connectivity index (χ1n) is 8.38. The van der Waals surface area contributed by atoms with Crippen LogP contribution in [0.4, 0.5) is 10.8 Å². The van der Waals surface area contributed by atoms with Crippen molar-refractivity contribution in [2.75, 3.05) is 17.2 Å². The Labute approximate surface area is 165 Å². The van der Waals surface area contributed by atoms with E-state index in [2.05, 4.69) is 20.9 Å². The van der Waals surface area contributed by atoms with Crippen LogP contribution in [-0.4, -0.2) is 16.5 Å². The fourth-order valence-electron chi connectivity index (χ4n) is 3.09. The fraction of sp³-hybridized carbons (Fsp3) is 0.211. The molecule has 0 bridgehead atoms. The molecular formula is C19H16ClN5OS. The molecule has 0 aliphatic carbocycles. The lowest BCUT2D eigenvalue weighted by Crippen LogP contribution is -2.30. The summed E-state index contributed by atoms with van der Waals surface area (Å²) in [6, 6.07) is 9.73. The van der Waals surface area contributed by atoms with Gasteiger partial charge in [0.25, 0.3) is 0 Å². The number of hydrogen-bond acceptors (Lipinski definition) is 7. The van der Waals surface area contributed by atoms with Crippen molar-refractivity contribution in [1.29, 1.82) is 5.26 Å². The molecular weight excluding hydrogens is 382 g/mol. The first-order valence-corrected chi connectivity index (χ1v) is 9.58. The van der Waals surface area contributed by atoms with Gasteiger partial charge in [0.05, 0.1) is 24.5 Å². The Hall–Kier alpha value is -2.82. The lowest BCUT2D eigenvalue weighted by molar-refractivity contribution is 0.292. The second-order valence-electron chi connectivity index (χ2n) is 6.16. The molecule has 1 aliphatic heterocycles. The van der Waals surface area contributed by atoms with Crippen LogP contribution >= 0.6 is 22.9 Å². The van der Waals surface area contributed by atoms with E-state index in [0.717, 1.165) is 34.8 Å². The second-order valence-corrected chi connectivity index (χ2v) is 7.73. The van der Waals surface area contributed by atoms with Gasteiger partial charge in [0.1, 0.15) is 17.7 Å². The van der Waals surface area contributed by atoms with Gasteiger partial charge >= 0.3 is 0 Å². The molecule has 0 amide bonds. The predicted octanol–water partition coefficient (Wildman–Crippen LogP) is 3.79. The van der Waals surface area contributed by atoms with E-state index >= 15 is 0 Å². The number of halogens is 1. The smallest absolute Gasteiger partial charge is 0.234 e. The summed E-state index contributed by atoms with van der Waals surface area (Å²) in [4.78, 5) is 12.1. The number of anilines is 2. The number of ether oxygens (including phenoxy) is 1. The van der Waals surface area contributed by atoms with E-state index in [1.54, 1.807) is 12.4 Å². The van der Waals surface area contributed by atoms with Crippen LogP contribution in [0.3, 0.4) is 0 Å². The van der Waals surface area contributed by atoms with Crippen LogP contribution in [-0.2, 0) is 19.6 Å². The third kappa shape index (κ3) is 3.68. The minimum atomic E-state index is 0.371. The van der Waals surface area contributed by atoms with Crippen LogP contribution < -0.4 is 15.4 Å². The molecule has 0 spiro atoms. The maximum absolute atomic E-state index is 9.27. The van der Waals surface area contributed by atoms with Gasteiger partial charge in [0, 0.05) is 16.4 Å². The van der Waals surface area contributed by atoms with Crippen LogP contribution in [0.15, 0.2) is 36.7 Å². The zero-order valence-corrected chi connectivity index (χ0v) is 15.9. The van der Waals surface area contributed by atoms with E-state index in [1.807, 2.05) is 24.3 Å². The molecule has 27 heavy (non-hydrogen) atoms. The summed E-state index contributed by atoms with van der Waals surface area (Å²) in [5.74, 6) is 1.21. The van der Waals surface area contributed by atoms with Crippen molar-refractivity contribution in [1.82, 2.24) is 9.97 Å². The summed E-state index contributed by atoms with van der Waals surface area (Å²) >= 11 is 7.47. The quantitative estimate of drug-likeness (QED) is 0.720. The van der Waals surface area contributed by atoms with E-state index in [1.165, 1.54) is 11.3 Å². The van der Waals surface area contributed by atoms with Crippen LogP contribution in [0.25, 0.3) is 0 Å². The molecule has 4 rings (SSSR count). The zero-order chi connectivity index (χ0) is 18.8. The van der Waals surface area contributed by atoms with Crippen molar-refractivity contribution in [3.63, 3.8) is 0 Å². The molecule has 3 heterocycles. The molecule has 0 radical (unpaired) electrons. The number of fused-ring (bicyclic) bond motifs is 1. The number of thiophene rings is 1. The molecule has 2 N–H and O–H groups in total. The Bertz CT molecular complexity index is 1030. The van der Waals surface area contributed by atoms with E-state index < -0.39 is 0 Å². The van der Waals surface area contributed by atoms with Gasteiger partial charge in [-0.15, -0.1) is 11.3 Å². The van der Waals surface area contributed by atoms with Crippen molar-refractivity contribution in [2.24, 2.45) is 0 Å². The Morgan fingerprint density at radius 3 is 3.07 bits per heavy atom. The minimum absolute atomic E-state index is 0.371. The highest BCUT2D eigenvalue weighted by molar-refractivity contribution is 7.16. The lowest BCUT2D eigenvalue weighted by atomic mass is 10.0. The maximum Gasteiger partial charge on any atom is 0.234 e. The van der Waals surface area contributed by atoms with Gasteiger partial charge < -0.3 is 15.4 Å². The molecule has 6 nitrogen and oxygen atoms in total. The standard InChI is InChI=1S/C19H16ClN5OS/c20-13-3-1-2-12(6-13)11-26-18-9-23-8-17(24-18)25-5-4-14-15(7-21)19(22)27-16(14)10-25/h1-3,6,8-9H,4-5,10-11,22H2. The van der Waals surface area contributed by atoms with Gasteiger partial charge in [0.15, 0.2) is 5.82 Å². The maximum atomic E-state index is 9.27. The molecule has 2 aromatic heterocycles. The molecule has 0 atom stereocenters. The number of aromatic nitrogens is 2. The highest BCUT2D eigenvalue weighted by Crippen LogP contribution is 2.35. The van der Waals surface area contributed by atoms with Gasteiger partial charge in [0.2, 0.25) is 5.88 Å². The van der Waals surface area contributed by atoms with Crippen molar-refractivity contribution in [2.45, 2.75) is 19.6 Å². The van der Waals surface area contributed by atoms with Gasteiger partial charge in [-0.2, -0.15) is 10.2 Å². The van der Waals surface area contributed by atoms with Crippen molar-refractivity contribution in [3.8, 4) is 11.9 Å². The average molecular weight is 398 g/mol. The van der Waals surface area contributed by atoms with Crippen LogP contribution in [0, 0.1) is 11.3 Å². The summed E-state index contributed by atoms with van der Waals surface area (Å²) in [6.45, 7) is 1.79. The normalized spacial score (nSPS) is 13.1. The number of nitrogen functional groups attached to an aromatic ring is 1. The van der Waals surface area contributed by atoms with Crippen LogP contribution in [0.2, 0.25) is 5.02 Å². The molecule has 8 heteroatoms. The summed E-state index contributed by atoms with van der Waals surface area (Å²) in [5, 5.41) is 10.5. The topological polar surface area (TPSA) is 88.1 Å². The highest BCUT2D eigenvalue weighted by Gasteiger charge is 2.24. The number of nitrogens with zero attached hydrogens (tertiary/aromatic N) is 4. The summed E-state index contributed by atoms with van der Waals surface area (Å²) in [6.07, 6.45) is 4.08. The van der Waals surface area contributed by atoms with Crippen molar-refractivity contribution in [3.05, 3.63) is 63.2 Å². The zero-order valence-electron chi connectivity index (χ0n) is 14.4. The van der Waals surface area contributed by atoms with Crippen molar-refractivity contribution < 1.29 is 4.74 Å². The third-order valence-corrected chi connectivity index (χ3v) is 5.68. The number of nitrogens with two attached hydrogens (primary N) is 1. The Morgan fingerprint density at radius 1 is 1.37 bits per heavy atom. The van der Waals surface area contributed by atoms with E-state index in [4.69, 9.17) is 22.1 Å². The van der Waals surface area contributed by atoms with Crippen LogP contribution in [0.5, 0.6) is 5.88 Å². The summed E-state index contributed by atoms with van der Waals surface area (Å²) in [5.41, 5.74) is 8.62. The molecule has 0 saturated heterocycles. The fourth-order valence-corrected chi connectivity index (χ4v) is 4.38. The second kappa shape index (κ2) is 7.43. The van der Waals surface area contributed by atoms with Gasteiger partial charge in [-0.3, -0.25) is 4.98 Å². The predicted molar refractivity (Wildman–Crippen MR) is 106 cm³/mol.